The largest absolute Gasteiger partial charge is 0.352 e. The Bertz CT molecular complexity index is 641. The summed E-state index contributed by atoms with van der Waals surface area (Å²) in [5.74, 6) is 2.07. The molecule has 1 saturated heterocycles. The normalized spacial score (nSPS) is 23.5. The molecule has 2 fully saturated rings. The number of amides is 1. The first-order valence-electron chi connectivity index (χ1n) is 10.8. The Kier molecular flexibility index (Phi) is 8.40. The Hall–Kier alpha value is -1.34. The number of carbonyl (C=O) groups is 1. The Morgan fingerprint density at radius 3 is 2.75 bits per heavy atom. The van der Waals surface area contributed by atoms with E-state index in [0.29, 0.717) is 24.3 Å². The van der Waals surface area contributed by atoms with E-state index < -0.39 is 0 Å². The predicted octanol–water partition coefficient (Wildman–Crippen LogP) is 3.28. The van der Waals surface area contributed by atoms with Crippen LogP contribution < -0.4 is 5.32 Å². The lowest BCUT2D eigenvalue weighted by Crippen LogP contribution is -2.41. The van der Waals surface area contributed by atoms with Gasteiger partial charge >= 0.3 is 0 Å². The van der Waals surface area contributed by atoms with Crippen molar-refractivity contribution in [3.8, 4) is 0 Å². The van der Waals surface area contributed by atoms with Crippen molar-refractivity contribution in [1.82, 2.24) is 25.0 Å². The summed E-state index contributed by atoms with van der Waals surface area (Å²) in [5, 5.41) is 12.8. The summed E-state index contributed by atoms with van der Waals surface area (Å²) in [6.07, 6.45) is 11.5. The van der Waals surface area contributed by atoms with E-state index in [1.165, 1.54) is 63.4 Å². The maximum atomic E-state index is 12.4. The second-order valence-electron chi connectivity index (χ2n) is 8.17. The molecule has 1 amide bonds. The Labute approximate surface area is 173 Å². The van der Waals surface area contributed by atoms with Crippen LogP contribution in [-0.2, 0) is 17.8 Å². The summed E-state index contributed by atoms with van der Waals surface area (Å²) in [6.45, 7) is 10.2. The first-order chi connectivity index (χ1) is 13.7. The number of thioether (sulfide) groups is 1. The highest BCUT2D eigenvalue weighted by Gasteiger charge is 2.23. The summed E-state index contributed by atoms with van der Waals surface area (Å²) < 4.78 is 2.11. The number of piperidine rings is 1. The van der Waals surface area contributed by atoms with E-state index in [1.54, 1.807) is 0 Å². The van der Waals surface area contributed by atoms with E-state index in [4.69, 9.17) is 0 Å². The Morgan fingerprint density at radius 2 is 2.00 bits per heavy atom. The molecule has 0 bridgehead atoms. The molecule has 3 rings (SSSR count). The highest BCUT2D eigenvalue weighted by molar-refractivity contribution is 7.99. The zero-order valence-electron chi connectivity index (χ0n) is 17.2. The van der Waals surface area contributed by atoms with Gasteiger partial charge in [0.15, 0.2) is 5.16 Å². The monoisotopic (exact) mass is 405 g/mol. The predicted molar refractivity (Wildman–Crippen MR) is 115 cm³/mol. The molecular formula is C21H35N5OS. The molecule has 156 valence electrons. The molecule has 1 aliphatic carbocycles. The summed E-state index contributed by atoms with van der Waals surface area (Å²) in [4.78, 5) is 14.9. The highest BCUT2D eigenvalue weighted by Crippen LogP contribution is 2.24. The van der Waals surface area contributed by atoms with Gasteiger partial charge in [0.05, 0.1) is 5.75 Å². The van der Waals surface area contributed by atoms with Crippen molar-refractivity contribution in [3.05, 3.63) is 18.5 Å². The average molecular weight is 406 g/mol. The number of aromatic nitrogens is 3. The molecule has 7 heteroatoms. The third-order valence-corrected chi connectivity index (χ3v) is 6.96. The molecule has 1 saturated carbocycles. The molecule has 1 N–H and O–H groups in total. The minimum absolute atomic E-state index is 0.103. The minimum atomic E-state index is 0.103. The van der Waals surface area contributed by atoms with E-state index in [0.717, 1.165) is 30.4 Å². The standard InChI is InChI=1S/C21H35N5OS/c1-3-12-26-19(11-15-25-13-7-4-8-14-25)23-24-21(26)28-16-20(27)22-18-10-6-5-9-17(18)2/h3,17-18H,1,4-16H2,2H3,(H,22,27)/t17-,18+/m0/s1. The van der Waals surface area contributed by atoms with Crippen LogP contribution in [0.15, 0.2) is 17.8 Å². The molecule has 6 nitrogen and oxygen atoms in total. The van der Waals surface area contributed by atoms with Gasteiger partial charge in [-0.25, -0.2) is 0 Å². The number of allylic oxidation sites excluding steroid dienone is 1. The molecule has 0 spiro atoms. The fourth-order valence-corrected chi connectivity index (χ4v) is 5.05. The number of likely N-dealkylation sites (tertiary alicyclic amines) is 1. The molecular weight excluding hydrogens is 370 g/mol. The number of hydrogen-bond acceptors (Lipinski definition) is 5. The van der Waals surface area contributed by atoms with Gasteiger partial charge in [-0.1, -0.05) is 44.0 Å². The van der Waals surface area contributed by atoms with E-state index in [1.807, 2.05) is 6.08 Å². The van der Waals surface area contributed by atoms with Crippen LogP contribution in [-0.4, -0.2) is 57.0 Å². The molecule has 2 heterocycles. The third-order valence-electron chi connectivity index (χ3n) is 6.00. The van der Waals surface area contributed by atoms with Crippen LogP contribution in [0.4, 0.5) is 0 Å². The number of rotatable bonds is 9. The minimum Gasteiger partial charge on any atom is -0.352 e. The number of hydrogen-bond donors (Lipinski definition) is 1. The molecule has 2 atom stereocenters. The van der Waals surface area contributed by atoms with Gasteiger partial charge in [-0.05, 0) is 44.7 Å². The van der Waals surface area contributed by atoms with Gasteiger partial charge in [0.1, 0.15) is 5.82 Å². The molecule has 1 aromatic heterocycles. The van der Waals surface area contributed by atoms with Gasteiger partial charge in [0.25, 0.3) is 0 Å². The van der Waals surface area contributed by atoms with Crippen molar-refractivity contribution in [3.63, 3.8) is 0 Å². The molecule has 1 aromatic rings. The van der Waals surface area contributed by atoms with E-state index >= 15 is 0 Å². The van der Waals surface area contributed by atoms with Gasteiger partial charge in [-0.15, -0.1) is 16.8 Å². The second kappa shape index (κ2) is 11.0. The first-order valence-corrected chi connectivity index (χ1v) is 11.8. The summed E-state index contributed by atoms with van der Waals surface area (Å²) >= 11 is 1.48. The number of carbonyl (C=O) groups excluding carboxylic acids is 1. The van der Waals surface area contributed by atoms with Crippen molar-refractivity contribution >= 4 is 17.7 Å². The molecule has 0 unspecified atom stereocenters. The lowest BCUT2D eigenvalue weighted by molar-refractivity contribution is -0.119. The Morgan fingerprint density at radius 1 is 1.21 bits per heavy atom. The SMILES string of the molecule is C=CCn1c(CCN2CCCCC2)nnc1SCC(=O)N[C@@H]1CCCC[C@@H]1C. The van der Waals surface area contributed by atoms with Crippen LogP contribution in [0.1, 0.15) is 57.7 Å². The zero-order valence-corrected chi connectivity index (χ0v) is 18.1. The molecule has 0 radical (unpaired) electrons. The maximum absolute atomic E-state index is 12.4. The van der Waals surface area contributed by atoms with Crippen LogP contribution in [0.3, 0.4) is 0 Å². The number of nitrogens with one attached hydrogen (secondary N) is 1. The molecule has 2 aliphatic rings. The number of nitrogens with zero attached hydrogens (tertiary/aromatic N) is 4. The molecule has 28 heavy (non-hydrogen) atoms. The van der Waals surface area contributed by atoms with Crippen molar-refractivity contribution in [1.29, 1.82) is 0 Å². The van der Waals surface area contributed by atoms with Gasteiger partial charge in [-0.2, -0.15) is 0 Å². The molecule has 1 aliphatic heterocycles. The Balaban J connectivity index is 1.51. The van der Waals surface area contributed by atoms with Crippen LogP contribution in [0.5, 0.6) is 0 Å². The lowest BCUT2D eigenvalue weighted by Gasteiger charge is -2.29. The second-order valence-corrected chi connectivity index (χ2v) is 9.12. The van der Waals surface area contributed by atoms with Crippen LogP contribution in [0.25, 0.3) is 0 Å². The first kappa shape index (κ1) is 21.4. The summed E-state index contributed by atoms with van der Waals surface area (Å²) in [7, 11) is 0. The quantitative estimate of drug-likeness (QED) is 0.505. The summed E-state index contributed by atoms with van der Waals surface area (Å²) in [5.41, 5.74) is 0. The van der Waals surface area contributed by atoms with Gasteiger partial charge in [0.2, 0.25) is 5.91 Å². The van der Waals surface area contributed by atoms with E-state index in [2.05, 4.69) is 38.5 Å². The van der Waals surface area contributed by atoms with Crippen molar-refractivity contribution in [2.45, 2.75) is 76.0 Å². The lowest BCUT2D eigenvalue weighted by atomic mass is 9.86. The van der Waals surface area contributed by atoms with Crippen molar-refractivity contribution in [2.75, 3.05) is 25.4 Å². The highest BCUT2D eigenvalue weighted by atomic mass is 32.2. The smallest absolute Gasteiger partial charge is 0.230 e. The fraction of sp³-hybridized carbons (Fsp3) is 0.762. The maximum Gasteiger partial charge on any atom is 0.230 e. The topological polar surface area (TPSA) is 63.1 Å². The van der Waals surface area contributed by atoms with E-state index in [9.17, 15) is 4.79 Å². The fourth-order valence-electron chi connectivity index (χ4n) is 4.27. The van der Waals surface area contributed by atoms with Gasteiger partial charge in [-0.3, -0.25) is 4.79 Å². The average Bonchev–Trinajstić information content (AvgIpc) is 3.09. The van der Waals surface area contributed by atoms with Gasteiger partial charge in [0, 0.05) is 25.6 Å². The van der Waals surface area contributed by atoms with Crippen LogP contribution in [0.2, 0.25) is 0 Å². The van der Waals surface area contributed by atoms with Crippen molar-refractivity contribution in [2.24, 2.45) is 5.92 Å². The summed E-state index contributed by atoms with van der Waals surface area (Å²) in [6, 6.07) is 0.327. The molecule has 0 aromatic carbocycles. The van der Waals surface area contributed by atoms with Crippen LogP contribution >= 0.6 is 11.8 Å². The van der Waals surface area contributed by atoms with Crippen LogP contribution in [0, 0.1) is 5.92 Å². The van der Waals surface area contributed by atoms with Crippen molar-refractivity contribution < 1.29 is 4.79 Å². The van der Waals surface area contributed by atoms with E-state index in [-0.39, 0.29) is 5.91 Å². The van der Waals surface area contributed by atoms with Gasteiger partial charge < -0.3 is 14.8 Å². The third kappa shape index (κ3) is 6.08. The zero-order chi connectivity index (χ0) is 19.8.